The Kier molecular flexibility index (Phi) is 3.79. The molecule has 0 radical (unpaired) electrons. The number of ether oxygens (including phenoxy) is 1. The molecule has 4 heteroatoms. The topological polar surface area (TPSA) is 61.7 Å². The molecule has 2 atom stereocenters. The second kappa shape index (κ2) is 4.66. The van der Waals surface area contributed by atoms with Gasteiger partial charge < -0.3 is 20.3 Å². The first-order valence-electron chi connectivity index (χ1n) is 3.94. The maximum Gasteiger partial charge on any atom is 0.0796 e. The first-order valence-corrected chi connectivity index (χ1v) is 3.94. The van der Waals surface area contributed by atoms with E-state index in [0.717, 1.165) is 13.1 Å². The lowest BCUT2D eigenvalue weighted by molar-refractivity contribution is -0.0169. The molecule has 1 aliphatic rings. The van der Waals surface area contributed by atoms with Crippen LogP contribution in [0.2, 0.25) is 0 Å². The molecular formula is C7H15NO3. The van der Waals surface area contributed by atoms with Crippen LogP contribution < -0.4 is 5.32 Å². The molecule has 11 heavy (non-hydrogen) atoms. The second-order valence-corrected chi connectivity index (χ2v) is 2.77. The predicted molar refractivity (Wildman–Crippen MR) is 40.3 cm³/mol. The van der Waals surface area contributed by atoms with Crippen LogP contribution in [0, 0.1) is 0 Å². The molecule has 1 fully saturated rings. The van der Waals surface area contributed by atoms with Crippen LogP contribution in [0.3, 0.4) is 0 Å². The highest BCUT2D eigenvalue weighted by Gasteiger charge is 2.16. The Bertz CT molecular complexity index is 104. The number of nitrogens with one attached hydrogen (secondary N) is 1. The maximum absolute atomic E-state index is 9.05. The Balaban J connectivity index is 2.13. The molecule has 0 aromatic rings. The Hall–Kier alpha value is -0.160. The monoisotopic (exact) mass is 161 g/mol. The van der Waals surface area contributed by atoms with E-state index in [-0.39, 0.29) is 12.7 Å². The molecule has 4 nitrogen and oxygen atoms in total. The largest absolute Gasteiger partial charge is 0.394 e. The summed E-state index contributed by atoms with van der Waals surface area (Å²) >= 11 is 0. The van der Waals surface area contributed by atoms with Gasteiger partial charge in [-0.05, 0) is 0 Å². The van der Waals surface area contributed by atoms with Gasteiger partial charge in [-0.2, -0.15) is 0 Å². The third-order valence-corrected chi connectivity index (χ3v) is 1.75. The molecule has 3 N–H and O–H groups in total. The fourth-order valence-electron chi connectivity index (χ4n) is 1.15. The van der Waals surface area contributed by atoms with Crippen molar-refractivity contribution in [1.82, 2.24) is 5.32 Å². The minimum Gasteiger partial charge on any atom is -0.394 e. The zero-order chi connectivity index (χ0) is 8.10. The number of hydrogen-bond donors (Lipinski definition) is 3. The molecule has 0 aromatic heterocycles. The van der Waals surface area contributed by atoms with Crippen molar-refractivity contribution < 1.29 is 14.9 Å². The van der Waals surface area contributed by atoms with Crippen molar-refractivity contribution in [2.75, 3.05) is 26.3 Å². The zero-order valence-electron chi connectivity index (χ0n) is 6.49. The van der Waals surface area contributed by atoms with Crippen LogP contribution in [0.1, 0.15) is 6.42 Å². The molecule has 0 spiro atoms. The van der Waals surface area contributed by atoms with E-state index in [4.69, 9.17) is 14.9 Å². The summed E-state index contributed by atoms with van der Waals surface area (Å²) in [5, 5.41) is 20.7. The number of morpholine rings is 1. The summed E-state index contributed by atoms with van der Waals surface area (Å²) in [5.74, 6) is 0. The van der Waals surface area contributed by atoms with Gasteiger partial charge in [0, 0.05) is 19.5 Å². The average Bonchev–Trinajstić information content (AvgIpc) is 2.06. The minimum absolute atomic E-state index is 0.0610. The van der Waals surface area contributed by atoms with Gasteiger partial charge in [0.2, 0.25) is 0 Å². The van der Waals surface area contributed by atoms with E-state index < -0.39 is 6.10 Å². The third kappa shape index (κ3) is 3.16. The van der Waals surface area contributed by atoms with E-state index in [0.29, 0.717) is 13.0 Å². The van der Waals surface area contributed by atoms with E-state index in [9.17, 15) is 0 Å². The van der Waals surface area contributed by atoms with Crippen LogP contribution in [0.25, 0.3) is 0 Å². The van der Waals surface area contributed by atoms with Crippen LogP contribution in [0.15, 0.2) is 0 Å². The van der Waals surface area contributed by atoms with Crippen LogP contribution in [-0.4, -0.2) is 48.7 Å². The van der Waals surface area contributed by atoms with E-state index in [1.807, 2.05) is 0 Å². The highest BCUT2D eigenvalue weighted by Crippen LogP contribution is 2.04. The maximum atomic E-state index is 9.05. The predicted octanol–water partition coefficient (Wildman–Crippen LogP) is -1.28. The molecular weight excluding hydrogens is 146 g/mol. The fourth-order valence-corrected chi connectivity index (χ4v) is 1.15. The molecule has 66 valence electrons. The molecule has 1 heterocycles. The molecule has 0 aliphatic carbocycles. The third-order valence-electron chi connectivity index (χ3n) is 1.75. The van der Waals surface area contributed by atoms with Gasteiger partial charge in [-0.25, -0.2) is 0 Å². The first kappa shape index (κ1) is 8.93. The van der Waals surface area contributed by atoms with Gasteiger partial charge in [0.15, 0.2) is 0 Å². The van der Waals surface area contributed by atoms with Crippen LogP contribution in [0.5, 0.6) is 0 Å². The highest BCUT2D eigenvalue weighted by atomic mass is 16.5. The van der Waals surface area contributed by atoms with Gasteiger partial charge in [-0.1, -0.05) is 0 Å². The second-order valence-electron chi connectivity index (χ2n) is 2.77. The van der Waals surface area contributed by atoms with Crippen molar-refractivity contribution >= 4 is 0 Å². The van der Waals surface area contributed by atoms with Gasteiger partial charge in [0.1, 0.15) is 0 Å². The summed E-state index contributed by atoms with van der Waals surface area (Å²) in [6.07, 6.45) is -0.0606. The Morgan fingerprint density at radius 3 is 3.00 bits per heavy atom. The Labute approximate surface area is 66.2 Å². The molecule has 1 aliphatic heterocycles. The zero-order valence-corrected chi connectivity index (χ0v) is 6.49. The van der Waals surface area contributed by atoms with E-state index >= 15 is 0 Å². The lowest BCUT2D eigenvalue weighted by Crippen LogP contribution is -2.40. The van der Waals surface area contributed by atoms with Crippen molar-refractivity contribution in [2.24, 2.45) is 0 Å². The molecule has 0 amide bonds. The highest BCUT2D eigenvalue weighted by molar-refractivity contribution is 4.70. The van der Waals surface area contributed by atoms with E-state index in [1.54, 1.807) is 0 Å². The molecule has 0 saturated carbocycles. The molecule has 1 saturated heterocycles. The molecule has 2 unspecified atom stereocenters. The minimum atomic E-state index is -0.639. The van der Waals surface area contributed by atoms with Gasteiger partial charge in [0.05, 0.1) is 25.4 Å². The number of aliphatic hydroxyl groups is 2. The molecule has 0 aromatic carbocycles. The Morgan fingerprint density at radius 2 is 2.45 bits per heavy atom. The van der Waals surface area contributed by atoms with Gasteiger partial charge in [-0.3, -0.25) is 0 Å². The lowest BCUT2D eigenvalue weighted by atomic mass is 10.1. The number of aliphatic hydroxyl groups excluding tert-OH is 2. The van der Waals surface area contributed by atoms with E-state index in [2.05, 4.69) is 5.32 Å². The Morgan fingerprint density at radius 1 is 1.64 bits per heavy atom. The van der Waals surface area contributed by atoms with Gasteiger partial charge in [0.25, 0.3) is 0 Å². The van der Waals surface area contributed by atoms with Crippen molar-refractivity contribution in [3.63, 3.8) is 0 Å². The number of rotatable bonds is 3. The normalized spacial score (nSPS) is 28.4. The average molecular weight is 161 g/mol. The van der Waals surface area contributed by atoms with Crippen molar-refractivity contribution in [2.45, 2.75) is 18.6 Å². The fraction of sp³-hybridized carbons (Fsp3) is 1.00. The summed E-state index contributed by atoms with van der Waals surface area (Å²) in [4.78, 5) is 0. The smallest absolute Gasteiger partial charge is 0.0796 e. The van der Waals surface area contributed by atoms with Crippen molar-refractivity contribution in [1.29, 1.82) is 0 Å². The summed E-state index contributed by atoms with van der Waals surface area (Å²) in [5.41, 5.74) is 0. The van der Waals surface area contributed by atoms with Crippen molar-refractivity contribution in [3.8, 4) is 0 Å². The summed E-state index contributed by atoms with van der Waals surface area (Å²) in [6, 6.07) is 0. The summed E-state index contributed by atoms with van der Waals surface area (Å²) in [6.45, 7) is 2.17. The van der Waals surface area contributed by atoms with Crippen LogP contribution >= 0.6 is 0 Å². The summed E-state index contributed by atoms with van der Waals surface area (Å²) < 4.78 is 5.32. The van der Waals surface area contributed by atoms with Crippen LogP contribution in [0.4, 0.5) is 0 Å². The lowest BCUT2D eigenvalue weighted by Gasteiger charge is -2.24. The van der Waals surface area contributed by atoms with Crippen molar-refractivity contribution in [3.05, 3.63) is 0 Å². The van der Waals surface area contributed by atoms with Gasteiger partial charge in [-0.15, -0.1) is 0 Å². The summed E-state index contributed by atoms with van der Waals surface area (Å²) in [7, 11) is 0. The van der Waals surface area contributed by atoms with Crippen LogP contribution in [-0.2, 0) is 4.74 Å². The standard InChI is InChI=1S/C7H15NO3/c9-5-6(10)3-7-4-8-1-2-11-7/h6-10H,1-5H2. The quantitative estimate of drug-likeness (QED) is 0.482. The van der Waals surface area contributed by atoms with E-state index in [1.165, 1.54) is 0 Å². The molecule has 1 rings (SSSR count). The molecule has 0 bridgehead atoms. The van der Waals surface area contributed by atoms with Gasteiger partial charge >= 0.3 is 0 Å². The number of hydrogen-bond acceptors (Lipinski definition) is 4. The first-order chi connectivity index (χ1) is 5.33. The SMILES string of the molecule is OCC(O)CC1CNCCO1.